The largest absolute Gasteiger partial charge is 0.467 e. The highest BCUT2D eigenvalue weighted by Gasteiger charge is 2.33. The molecule has 0 aromatic heterocycles. The van der Waals surface area contributed by atoms with E-state index >= 15 is 0 Å². The van der Waals surface area contributed by atoms with Crippen molar-refractivity contribution in [2.24, 2.45) is 0 Å². The molecule has 1 atom stereocenters. The molecule has 0 spiro atoms. The quantitative estimate of drug-likeness (QED) is 0.796. The molecule has 1 aromatic carbocycles. The minimum atomic E-state index is -0.439. The molecule has 0 saturated carbocycles. The van der Waals surface area contributed by atoms with Crippen molar-refractivity contribution in [3.63, 3.8) is 0 Å². The second kappa shape index (κ2) is 6.55. The van der Waals surface area contributed by atoms with Gasteiger partial charge in [-0.1, -0.05) is 25.1 Å². The number of benzene rings is 1. The molecule has 0 bridgehead atoms. The van der Waals surface area contributed by atoms with E-state index < -0.39 is 6.04 Å². The van der Waals surface area contributed by atoms with Gasteiger partial charge in [0.25, 0.3) is 5.91 Å². The van der Waals surface area contributed by atoms with Gasteiger partial charge in [0.05, 0.1) is 7.11 Å². The van der Waals surface area contributed by atoms with Crippen LogP contribution < -0.4 is 0 Å². The number of ether oxygens (including phenoxy) is 1. The van der Waals surface area contributed by atoms with E-state index in [9.17, 15) is 9.59 Å². The summed E-state index contributed by atoms with van der Waals surface area (Å²) in [7, 11) is 1.37. The Morgan fingerprint density at radius 3 is 2.75 bits per heavy atom. The van der Waals surface area contributed by atoms with Crippen LogP contribution in [-0.4, -0.2) is 36.5 Å². The molecule has 20 heavy (non-hydrogen) atoms. The molecule has 1 amide bonds. The lowest BCUT2D eigenvalue weighted by Crippen LogP contribution is -2.48. The first-order valence-electron chi connectivity index (χ1n) is 7.15. The number of piperidine rings is 1. The van der Waals surface area contributed by atoms with Gasteiger partial charge in [-0.2, -0.15) is 0 Å². The Morgan fingerprint density at radius 1 is 1.30 bits per heavy atom. The standard InChI is InChI=1S/C16H21NO3/c1-3-12-8-4-5-9-13(12)15(18)17-11-7-6-10-14(17)16(19)20-2/h4-5,8-9,14H,3,6-7,10-11H2,1-2H3/t14-/m1/s1. The summed E-state index contributed by atoms with van der Waals surface area (Å²) < 4.78 is 4.83. The zero-order valence-corrected chi connectivity index (χ0v) is 12.1. The summed E-state index contributed by atoms with van der Waals surface area (Å²) in [4.78, 5) is 26.3. The second-order valence-corrected chi connectivity index (χ2v) is 5.04. The van der Waals surface area contributed by atoms with Gasteiger partial charge in [-0.3, -0.25) is 4.79 Å². The Balaban J connectivity index is 2.27. The van der Waals surface area contributed by atoms with Crippen LogP contribution in [0.5, 0.6) is 0 Å². The third-order valence-corrected chi connectivity index (χ3v) is 3.87. The van der Waals surface area contributed by atoms with Crippen LogP contribution >= 0.6 is 0 Å². The molecule has 0 unspecified atom stereocenters. The van der Waals surface area contributed by atoms with E-state index in [1.54, 1.807) is 4.90 Å². The minimum Gasteiger partial charge on any atom is -0.467 e. The number of aryl methyl sites for hydroxylation is 1. The fraction of sp³-hybridized carbons (Fsp3) is 0.500. The lowest BCUT2D eigenvalue weighted by molar-refractivity contribution is -0.147. The van der Waals surface area contributed by atoms with Gasteiger partial charge in [0.15, 0.2) is 0 Å². The van der Waals surface area contributed by atoms with Gasteiger partial charge >= 0.3 is 5.97 Å². The molecule has 108 valence electrons. The van der Waals surface area contributed by atoms with Gasteiger partial charge in [-0.05, 0) is 37.3 Å². The lowest BCUT2D eigenvalue weighted by Gasteiger charge is -2.34. The summed E-state index contributed by atoms with van der Waals surface area (Å²) in [6.45, 7) is 2.65. The molecule has 1 saturated heterocycles. The van der Waals surface area contributed by atoms with Gasteiger partial charge in [0, 0.05) is 12.1 Å². The molecule has 2 rings (SSSR count). The molecule has 1 aliphatic heterocycles. The maximum atomic E-state index is 12.7. The Bertz CT molecular complexity index is 498. The van der Waals surface area contributed by atoms with Crippen LogP contribution in [0.2, 0.25) is 0 Å². The van der Waals surface area contributed by atoms with E-state index in [2.05, 4.69) is 0 Å². The fourth-order valence-corrected chi connectivity index (χ4v) is 2.75. The summed E-state index contributed by atoms with van der Waals surface area (Å²) in [6, 6.07) is 7.16. The Labute approximate surface area is 119 Å². The SMILES string of the molecule is CCc1ccccc1C(=O)N1CCCC[C@@H]1C(=O)OC. The van der Waals surface area contributed by atoms with Gasteiger partial charge in [0.2, 0.25) is 0 Å². The molecule has 4 nitrogen and oxygen atoms in total. The summed E-state index contributed by atoms with van der Waals surface area (Å²) in [5, 5.41) is 0. The average molecular weight is 275 g/mol. The van der Waals surface area contributed by atoms with Crippen LogP contribution in [0.25, 0.3) is 0 Å². The average Bonchev–Trinajstić information content (AvgIpc) is 2.53. The molecule has 1 aromatic rings. The molecule has 4 heteroatoms. The molecular weight excluding hydrogens is 254 g/mol. The van der Waals surface area contributed by atoms with Gasteiger partial charge < -0.3 is 9.64 Å². The zero-order valence-electron chi connectivity index (χ0n) is 12.1. The number of methoxy groups -OCH3 is 1. The number of hydrogen-bond acceptors (Lipinski definition) is 3. The number of nitrogens with zero attached hydrogens (tertiary/aromatic N) is 1. The van der Waals surface area contributed by atoms with E-state index in [0.29, 0.717) is 18.5 Å². The summed E-state index contributed by atoms with van der Waals surface area (Å²) in [6.07, 6.45) is 3.39. The van der Waals surface area contributed by atoms with Crippen LogP contribution in [0.3, 0.4) is 0 Å². The maximum absolute atomic E-state index is 12.7. The minimum absolute atomic E-state index is 0.0578. The number of amides is 1. The van der Waals surface area contributed by atoms with Crippen molar-refractivity contribution in [2.75, 3.05) is 13.7 Å². The monoisotopic (exact) mass is 275 g/mol. The molecule has 0 N–H and O–H groups in total. The number of esters is 1. The third-order valence-electron chi connectivity index (χ3n) is 3.87. The first kappa shape index (κ1) is 14.6. The fourth-order valence-electron chi connectivity index (χ4n) is 2.75. The first-order valence-corrected chi connectivity index (χ1v) is 7.15. The summed E-state index contributed by atoms with van der Waals surface area (Å²) >= 11 is 0. The van der Waals surface area contributed by atoms with E-state index in [-0.39, 0.29) is 11.9 Å². The molecule has 1 heterocycles. The van der Waals surface area contributed by atoms with Gasteiger partial charge in [-0.25, -0.2) is 4.79 Å². The van der Waals surface area contributed by atoms with Crippen LogP contribution in [-0.2, 0) is 16.0 Å². The van der Waals surface area contributed by atoms with E-state index in [4.69, 9.17) is 4.74 Å². The number of carbonyl (C=O) groups is 2. The highest BCUT2D eigenvalue weighted by molar-refractivity contribution is 5.98. The van der Waals surface area contributed by atoms with Crippen LogP contribution in [0.1, 0.15) is 42.1 Å². The van der Waals surface area contributed by atoms with E-state index in [0.717, 1.165) is 24.8 Å². The molecule has 1 fully saturated rings. The van der Waals surface area contributed by atoms with Crippen molar-refractivity contribution in [1.82, 2.24) is 4.90 Å². The van der Waals surface area contributed by atoms with Gasteiger partial charge in [0.1, 0.15) is 6.04 Å². The predicted octanol–water partition coefficient (Wildman–Crippen LogP) is 2.42. The van der Waals surface area contributed by atoms with Crippen LogP contribution in [0.4, 0.5) is 0 Å². The lowest BCUT2D eigenvalue weighted by atomic mass is 9.98. The Kier molecular flexibility index (Phi) is 4.77. The Morgan fingerprint density at radius 2 is 2.05 bits per heavy atom. The summed E-state index contributed by atoms with van der Waals surface area (Å²) in [5.74, 6) is -0.371. The number of likely N-dealkylation sites (tertiary alicyclic amines) is 1. The number of carbonyl (C=O) groups excluding carboxylic acids is 2. The first-order chi connectivity index (χ1) is 9.69. The molecule has 0 radical (unpaired) electrons. The van der Waals surface area contributed by atoms with Crippen molar-refractivity contribution >= 4 is 11.9 Å². The topological polar surface area (TPSA) is 46.6 Å². The summed E-state index contributed by atoms with van der Waals surface area (Å²) in [5.41, 5.74) is 1.72. The van der Waals surface area contributed by atoms with Crippen LogP contribution in [0.15, 0.2) is 24.3 Å². The van der Waals surface area contributed by atoms with E-state index in [1.165, 1.54) is 7.11 Å². The smallest absolute Gasteiger partial charge is 0.328 e. The molecule has 1 aliphatic rings. The number of rotatable bonds is 3. The zero-order chi connectivity index (χ0) is 14.5. The second-order valence-electron chi connectivity index (χ2n) is 5.04. The van der Waals surface area contributed by atoms with Crippen molar-refractivity contribution in [1.29, 1.82) is 0 Å². The highest BCUT2D eigenvalue weighted by atomic mass is 16.5. The van der Waals surface area contributed by atoms with Crippen molar-refractivity contribution in [3.05, 3.63) is 35.4 Å². The number of hydrogen-bond donors (Lipinski definition) is 0. The van der Waals surface area contributed by atoms with E-state index in [1.807, 2.05) is 31.2 Å². The van der Waals surface area contributed by atoms with Crippen LogP contribution in [0, 0.1) is 0 Å². The molecule has 0 aliphatic carbocycles. The maximum Gasteiger partial charge on any atom is 0.328 e. The predicted molar refractivity (Wildman–Crippen MR) is 76.5 cm³/mol. The Hall–Kier alpha value is -1.84. The normalized spacial score (nSPS) is 18.7. The van der Waals surface area contributed by atoms with Crippen molar-refractivity contribution < 1.29 is 14.3 Å². The van der Waals surface area contributed by atoms with Gasteiger partial charge in [-0.15, -0.1) is 0 Å². The highest BCUT2D eigenvalue weighted by Crippen LogP contribution is 2.22. The third kappa shape index (κ3) is 2.84. The van der Waals surface area contributed by atoms with Crippen molar-refractivity contribution in [3.8, 4) is 0 Å². The molecular formula is C16H21NO3. The van der Waals surface area contributed by atoms with Crippen molar-refractivity contribution in [2.45, 2.75) is 38.6 Å².